The monoisotopic (exact) mass is 377 g/mol. The minimum absolute atomic E-state index is 0.0227. The third-order valence-corrected chi connectivity index (χ3v) is 5.13. The van der Waals surface area contributed by atoms with Crippen molar-refractivity contribution in [3.05, 3.63) is 68.8 Å². The fraction of sp³-hybridized carbons (Fsp3) is 0.0500. The number of amides is 1. The van der Waals surface area contributed by atoms with Crippen LogP contribution in [0.1, 0.15) is 10.4 Å². The van der Waals surface area contributed by atoms with Gasteiger partial charge in [-0.1, -0.05) is 23.7 Å². The van der Waals surface area contributed by atoms with Gasteiger partial charge in [0.1, 0.15) is 16.4 Å². The molecule has 0 saturated carbocycles. The van der Waals surface area contributed by atoms with E-state index >= 15 is 0 Å². The molecule has 132 valence electrons. The van der Waals surface area contributed by atoms with Crippen molar-refractivity contribution in [3.63, 3.8) is 0 Å². The summed E-state index contributed by atoms with van der Waals surface area (Å²) in [5, 5.41) is 14.7. The fourth-order valence-electron chi connectivity index (χ4n) is 3.74. The van der Waals surface area contributed by atoms with Crippen LogP contribution in [-0.4, -0.2) is 22.5 Å². The van der Waals surface area contributed by atoms with E-state index in [1.807, 2.05) is 0 Å². The zero-order valence-electron chi connectivity index (χ0n) is 14.1. The Bertz CT molecular complexity index is 1420. The van der Waals surface area contributed by atoms with Crippen LogP contribution in [0.4, 0.5) is 5.69 Å². The molecule has 1 aliphatic heterocycles. The number of nitrogens with zero attached hydrogens (tertiary/aromatic N) is 2. The molecule has 1 amide bonds. The lowest BCUT2D eigenvalue weighted by molar-refractivity contribution is 0.0962. The van der Waals surface area contributed by atoms with E-state index in [1.165, 1.54) is 11.4 Å². The first-order valence-electron chi connectivity index (χ1n) is 8.25. The summed E-state index contributed by atoms with van der Waals surface area (Å²) < 4.78 is 1.35. The summed E-state index contributed by atoms with van der Waals surface area (Å²) in [6.07, 6.45) is 0. The number of rotatable bonds is 1. The van der Waals surface area contributed by atoms with E-state index in [0.29, 0.717) is 38.1 Å². The maximum Gasteiger partial charge on any atom is 0.269 e. The number of nitrogens with one attached hydrogen (secondary N) is 1. The third kappa shape index (κ3) is 1.93. The van der Waals surface area contributed by atoms with E-state index in [2.05, 4.69) is 10.3 Å². The number of hydrogen-bond donors (Lipinski definition) is 2. The molecule has 0 saturated heterocycles. The third-order valence-electron chi connectivity index (χ3n) is 4.89. The lowest BCUT2D eigenvalue weighted by atomic mass is 10.00. The predicted molar refractivity (Wildman–Crippen MR) is 103 cm³/mol. The van der Waals surface area contributed by atoms with Gasteiger partial charge in [-0.3, -0.25) is 14.0 Å². The molecule has 0 unspecified atom stereocenters. The first kappa shape index (κ1) is 15.8. The molecular weight excluding hydrogens is 366 g/mol. The minimum atomic E-state index is -0.515. The number of benzene rings is 2. The Morgan fingerprint density at radius 3 is 2.78 bits per heavy atom. The van der Waals surface area contributed by atoms with Gasteiger partial charge in [0.05, 0.1) is 11.2 Å². The number of para-hydroxylation sites is 1. The second kappa shape index (κ2) is 5.31. The van der Waals surface area contributed by atoms with Gasteiger partial charge >= 0.3 is 0 Å². The van der Waals surface area contributed by atoms with Crippen LogP contribution in [0.2, 0.25) is 5.02 Å². The van der Waals surface area contributed by atoms with E-state index in [4.69, 9.17) is 11.6 Å². The van der Waals surface area contributed by atoms with Crippen LogP contribution in [0.3, 0.4) is 0 Å². The molecule has 0 atom stereocenters. The maximum atomic E-state index is 13.3. The highest BCUT2D eigenvalue weighted by Gasteiger charge is 2.29. The summed E-state index contributed by atoms with van der Waals surface area (Å²) in [5.74, 6) is -0.552. The standard InChI is InChI=1S/C20H12ClN3O3/c1-22-19(26)15-14-11-8-9(21)6-7-12(11)23-16(14)17-18(25)10-4-2-3-5-13(10)24(17)20(15)27/h2-8,25H,1H3,(H,22,26). The van der Waals surface area contributed by atoms with Crippen LogP contribution >= 0.6 is 11.6 Å². The molecule has 0 aliphatic carbocycles. The van der Waals surface area contributed by atoms with Crippen LogP contribution in [0.5, 0.6) is 5.75 Å². The van der Waals surface area contributed by atoms with Crippen LogP contribution in [-0.2, 0) is 0 Å². The topological polar surface area (TPSA) is 83.2 Å². The number of aromatic hydroxyl groups is 1. The van der Waals surface area contributed by atoms with Crippen LogP contribution < -0.4 is 16.2 Å². The van der Waals surface area contributed by atoms with Gasteiger partial charge in [0, 0.05) is 28.6 Å². The molecule has 3 heterocycles. The molecule has 0 fully saturated rings. The smallest absolute Gasteiger partial charge is 0.269 e. The molecule has 27 heavy (non-hydrogen) atoms. The van der Waals surface area contributed by atoms with E-state index in [-0.39, 0.29) is 16.8 Å². The minimum Gasteiger partial charge on any atom is -0.505 e. The Morgan fingerprint density at radius 1 is 1.22 bits per heavy atom. The Balaban J connectivity index is 2.12. The van der Waals surface area contributed by atoms with Crippen molar-refractivity contribution in [3.8, 4) is 16.9 Å². The molecule has 6 nitrogen and oxygen atoms in total. The summed E-state index contributed by atoms with van der Waals surface area (Å²) in [7, 11) is 1.47. The number of carbonyl (C=O) groups is 1. The van der Waals surface area contributed by atoms with Gasteiger partial charge in [0.25, 0.3) is 11.5 Å². The van der Waals surface area contributed by atoms with Gasteiger partial charge in [-0.25, -0.2) is 4.99 Å². The summed E-state index contributed by atoms with van der Waals surface area (Å²) in [5.41, 5.74) is 1.86. The number of halogens is 1. The summed E-state index contributed by atoms with van der Waals surface area (Å²) in [4.78, 5) is 30.5. The highest BCUT2D eigenvalue weighted by Crippen LogP contribution is 2.39. The maximum absolute atomic E-state index is 13.3. The summed E-state index contributed by atoms with van der Waals surface area (Å²) in [6.45, 7) is 0. The van der Waals surface area contributed by atoms with Gasteiger partial charge in [0.15, 0.2) is 5.75 Å². The summed E-state index contributed by atoms with van der Waals surface area (Å²) in [6, 6.07) is 12.1. The van der Waals surface area contributed by atoms with Gasteiger partial charge in [0.2, 0.25) is 0 Å². The Morgan fingerprint density at radius 2 is 2.00 bits per heavy atom. The lowest BCUT2D eigenvalue weighted by Gasteiger charge is -2.08. The highest BCUT2D eigenvalue weighted by atomic mass is 35.5. The van der Waals surface area contributed by atoms with E-state index in [9.17, 15) is 14.7 Å². The normalized spacial score (nSPS) is 12.1. The lowest BCUT2D eigenvalue weighted by Crippen LogP contribution is -2.33. The molecule has 2 aromatic carbocycles. The number of carbonyl (C=O) groups excluding carboxylic acids is 1. The molecule has 0 spiro atoms. The second-order valence-electron chi connectivity index (χ2n) is 6.31. The van der Waals surface area contributed by atoms with Crippen molar-refractivity contribution in [2.45, 2.75) is 0 Å². The van der Waals surface area contributed by atoms with Crippen molar-refractivity contribution >= 4 is 39.6 Å². The van der Waals surface area contributed by atoms with E-state index < -0.39 is 11.5 Å². The van der Waals surface area contributed by atoms with E-state index in [1.54, 1.807) is 42.5 Å². The zero-order chi connectivity index (χ0) is 18.9. The van der Waals surface area contributed by atoms with Crippen molar-refractivity contribution in [1.82, 2.24) is 9.72 Å². The Labute approximate surface area is 157 Å². The molecule has 0 radical (unpaired) electrons. The van der Waals surface area contributed by atoms with Gasteiger partial charge in [-0.2, -0.15) is 0 Å². The highest BCUT2D eigenvalue weighted by molar-refractivity contribution is 6.31. The van der Waals surface area contributed by atoms with Crippen LogP contribution in [0.15, 0.2) is 52.3 Å². The van der Waals surface area contributed by atoms with Crippen molar-refractivity contribution in [2.24, 2.45) is 4.99 Å². The molecular formula is C20H12ClN3O3. The predicted octanol–water partition coefficient (Wildman–Crippen LogP) is 2.82. The SMILES string of the molecule is CNC(=O)c1c2c(c3c(O)c4ccccc4n3c1=O)=Nc1ccc(Cl)cc1-2. The number of pyridine rings is 1. The Hall–Kier alpha value is -3.38. The average Bonchev–Trinajstić information content (AvgIpc) is 3.18. The number of aromatic nitrogens is 1. The first-order valence-corrected chi connectivity index (χ1v) is 8.63. The first-order chi connectivity index (χ1) is 13.0. The molecule has 2 aromatic heterocycles. The molecule has 4 aromatic rings. The molecule has 1 aliphatic rings. The largest absolute Gasteiger partial charge is 0.505 e. The zero-order valence-corrected chi connectivity index (χ0v) is 14.8. The van der Waals surface area contributed by atoms with Gasteiger partial charge in [-0.05, 0) is 30.3 Å². The van der Waals surface area contributed by atoms with Gasteiger partial charge < -0.3 is 10.4 Å². The molecule has 2 N–H and O–H groups in total. The van der Waals surface area contributed by atoms with Gasteiger partial charge in [-0.15, -0.1) is 0 Å². The quantitative estimate of drug-likeness (QED) is 0.471. The fourth-order valence-corrected chi connectivity index (χ4v) is 3.91. The second-order valence-corrected chi connectivity index (χ2v) is 6.74. The number of hydrogen-bond acceptors (Lipinski definition) is 4. The number of fused-ring (bicyclic) bond motifs is 7. The molecule has 7 heteroatoms. The Kier molecular flexibility index (Phi) is 3.12. The van der Waals surface area contributed by atoms with Crippen LogP contribution in [0.25, 0.3) is 27.5 Å². The average molecular weight is 378 g/mol. The van der Waals surface area contributed by atoms with Crippen LogP contribution in [0, 0.1) is 0 Å². The van der Waals surface area contributed by atoms with Crippen molar-refractivity contribution in [2.75, 3.05) is 7.05 Å². The molecule has 0 bridgehead atoms. The van der Waals surface area contributed by atoms with E-state index in [0.717, 1.165) is 0 Å². The van der Waals surface area contributed by atoms with Crippen molar-refractivity contribution < 1.29 is 9.90 Å². The van der Waals surface area contributed by atoms with Crippen molar-refractivity contribution in [1.29, 1.82) is 0 Å². The summed E-state index contributed by atoms with van der Waals surface area (Å²) >= 11 is 6.13. The molecule has 5 rings (SSSR count).